The summed E-state index contributed by atoms with van der Waals surface area (Å²) in [5.74, 6) is -0.0164. The van der Waals surface area contributed by atoms with Crippen molar-refractivity contribution in [2.75, 3.05) is 29.6 Å². The van der Waals surface area contributed by atoms with Gasteiger partial charge in [0.15, 0.2) is 0 Å². The molecule has 4 aromatic rings. The zero-order valence-corrected chi connectivity index (χ0v) is 17.6. The number of nitrogens with zero attached hydrogens (tertiary/aromatic N) is 3. The van der Waals surface area contributed by atoms with Gasteiger partial charge in [-0.05, 0) is 60.2 Å². The molecular formula is C24H21F2N5O. The van der Waals surface area contributed by atoms with Gasteiger partial charge in [-0.15, -0.1) is 0 Å². The maximum atomic E-state index is 13.8. The number of carbonyl (C=O) groups excluding carboxylic acids is 1. The molecule has 3 aromatic carbocycles. The van der Waals surface area contributed by atoms with E-state index in [-0.39, 0.29) is 11.7 Å². The van der Waals surface area contributed by atoms with E-state index in [1.807, 2.05) is 26.2 Å². The Morgan fingerprint density at radius 2 is 1.59 bits per heavy atom. The van der Waals surface area contributed by atoms with Crippen molar-refractivity contribution in [3.8, 4) is 0 Å². The van der Waals surface area contributed by atoms with Gasteiger partial charge in [-0.1, -0.05) is 12.1 Å². The Bertz CT molecular complexity index is 1260. The minimum Gasteiger partial charge on any atom is -0.365 e. The molecule has 1 aromatic heterocycles. The van der Waals surface area contributed by atoms with Crippen LogP contribution in [-0.2, 0) is 6.54 Å². The first-order valence-corrected chi connectivity index (χ1v) is 9.93. The Morgan fingerprint density at radius 3 is 2.28 bits per heavy atom. The molecule has 0 atom stereocenters. The third kappa shape index (κ3) is 4.80. The van der Waals surface area contributed by atoms with Gasteiger partial charge < -0.3 is 15.5 Å². The molecule has 0 aliphatic heterocycles. The molecule has 0 bridgehead atoms. The van der Waals surface area contributed by atoms with E-state index in [2.05, 4.69) is 20.6 Å². The third-order valence-electron chi connectivity index (χ3n) is 4.82. The molecular weight excluding hydrogens is 412 g/mol. The maximum Gasteiger partial charge on any atom is 0.255 e. The molecule has 1 heterocycles. The lowest BCUT2D eigenvalue weighted by Gasteiger charge is -2.15. The predicted octanol–water partition coefficient (Wildman–Crippen LogP) is 4.84. The van der Waals surface area contributed by atoms with Crippen LogP contribution in [0, 0.1) is 11.6 Å². The average molecular weight is 433 g/mol. The molecule has 0 saturated carbocycles. The van der Waals surface area contributed by atoms with Crippen LogP contribution in [-0.4, -0.2) is 30.0 Å². The number of benzene rings is 3. The highest BCUT2D eigenvalue weighted by Gasteiger charge is 2.11. The fraction of sp³-hybridized carbons (Fsp3) is 0.125. The van der Waals surface area contributed by atoms with Gasteiger partial charge in [-0.3, -0.25) is 4.79 Å². The molecule has 8 heteroatoms. The molecule has 0 aliphatic rings. The molecule has 32 heavy (non-hydrogen) atoms. The summed E-state index contributed by atoms with van der Waals surface area (Å²) in [5, 5.41) is 6.63. The second-order valence-electron chi connectivity index (χ2n) is 7.44. The molecule has 162 valence electrons. The highest BCUT2D eigenvalue weighted by molar-refractivity contribution is 6.04. The van der Waals surface area contributed by atoms with Gasteiger partial charge in [0.25, 0.3) is 5.91 Å². The van der Waals surface area contributed by atoms with Crippen LogP contribution in [0.4, 0.5) is 26.2 Å². The summed E-state index contributed by atoms with van der Waals surface area (Å²) in [4.78, 5) is 23.0. The Balaban J connectivity index is 1.47. The second kappa shape index (κ2) is 8.97. The molecule has 2 N–H and O–H groups in total. The van der Waals surface area contributed by atoms with Crippen molar-refractivity contribution in [3.63, 3.8) is 0 Å². The molecule has 0 unspecified atom stereocenters. The second-order valence-corrected chi connectivity index (χ2v) is 7.44. The first-order chi connectivity index (χ1) is 15.4. The highest BCUT2D eigenvalue weighted by Crippen LogP contribution is 2.24. The minimum absolute atomic E-state index is 0.318. The van der Waals surface area contributed by atoms with Crippen LogP contribution in [0.2, 0.25) is 0 Å². The summed E-state index contributed by atoms with van der Waals surface area (Å²) in [6, 6.07) is 17.0. The normalized spacial score (nSPS) is 10.8. The summed E-state index contributed by atoms with van der Waals surface area (Å²) >= 11 is 0. The smallest absolute Gasteiger partial charge is 0.255 e. The summed E-state index contributed by atoms with van der Waals surface area (Å²) in [6.45, 7) is 0.446. The fourth-order valence-electron chi connectivity index (χ4n) is 3.12. The lowest BCUT2D eigenvalue weighted by molar-refractivity contribution is 0.102. The van der Waals surface area contributed by atoms with Crippen molar-refractivity contribution < 1.29 is 13.6 Å². The fourth-order valence-corrected chi connectivity index (χ4v) is 3.12. The molecule has 0 spiro atoms. The van der Waals surface area contributed by atoms with E-state index in [1.54, 1.807) is 23.1 Å². The van der Waals surface area contributed by atoms with Crippen molar-refractivity contribution in [2.24, 2.45) is 0 Å². The number of halogens is 2. The van der Waals surface area contributed by atoms with Gasteiger partial charge >= 0.3 is 0 Å². The van der Waals surface area contributed by atoms with Gasteiger partial charge in [0.2, 0.25) is 5.95 Å². The van der Waals surface area contributed by atoms with Crippen LogP contribution < -0.4 is 15.5 Å². The van der Waals surface area contributed by atoms with Crippen molar-refractivity contribution in [1.82, 2.24) is 9.97 Å². The van der Waals surface area contributed by atoms with Gasteiger partial charge in [0.05, 0.1) is 5.52 Å². The molecule has 4 rings (SSSR count). The number of carbonyl (C=O) groups is 1. The van der Waals surface area contributed by atoms with Crippen molar-refractivity contribution in [2.45, 2.75) is 6.54 Å². The molecule has 0 radical (unpaired) electrons. The number of rotatable bonds is 6. The number of anilines is 3. The minimum atomic E-state index is -0.393. The average Bonchev–Trinajstić information content (AvgIpc) is 2.78. The van der Waals surface area contributed by atoms with Crippen molar-refractivity contribution in [1.29, 1.82) is 0 Å². The number of aromatic nitrogens is 2. The standard InChI is InChI=1S/C24H21F2N5O/c1-31(2)24-29-21-12-9-18(26)13-20(21)22(30-24)27-14-15-3-10-19(11-4-15)28-23(32)16-5-7-17(25)8-6-16/h3-13H,14H2,1-2H3,(H,28,32)(H,27,29,30). The van der Waals surface area contributed by atoms with E-state index >= 15 is 0 Å². The Labute approximate surface area is 183 Å². The van der Waals surface area contributed by atoms with Crippen molar-refractivity contribution in [3.05, 3.63) is 89.5 Å². The Morgan fingerprint density at radius 1 is 0.906 bits per heavy atom. The SMILES string of the molecule is CN(C)c1nc(NCc2ccc(NC(=O)c3ccc(F)cc3)cc2)c2cc(F)ccc2n1. The summed E-state index contributed by atoms with van der Waals surface area (Å²) in [7, 11) is 3.68. The topological polar surface area (TPSA) is 70.2 Å². The van der Waals surface area contributed by atoms with E-state index in [1.165, 1.54) is 36.4 Å². The number of nitrogens with one attached hydrogen (secondary N) is 2. The van der Waals surface area contributed by atoms with Crippen LogP contribution in [0.15, 0.2) is 66.7 Å². The largest absolute Gasteiger partial charge is 0.365 e. The zero-order valence-electron chi connectivity index (χ0n) is 17.6. The van der Waals surface area contributed by atoms with Gasteiger partial charge in [0.1, 0.15) is 17.5 Å². The van der Waals surface area contributed by atoms with Crippen LogP contribution >= 0.6 is 0 Å². The lowest BCUT2D eigenvalue weighted by Crippen LogP contribution is -2.14. The third-order valence-corrected chi connectivity index (χ3v) is 4.82. The molecule has 1 amide bonds. The van der Waals surface area contributed by atoms with Crippen LogP contribution in [0.1, 0.15) is 15.9 Å². The Kier molecular flexibility index (Phi) is 5.93. The summed E-state index contributed by atoms with van der Waals surface area (Å²) < 4.78 is 26.8. The molecule has 0 saturated heterocycles. The molecule has 0 fully saturated rings. The van der Waals surface area contributed by atoms with E-state index in [4.69, 9.17) is 0 Å². The van der Waals surface area contributed by atoms with E-state index in [0.717, 1.165) is 5.56 Å². The van der Waals surface area contributed by atoms with Crippen LogP contribution in [0.25, 0.3) is 10.9 Å². The highest BCUT2D eigenvalue weighted by atomic mass is 19.1. The van der Waals surface area contributed by atoms with E-state index < -0.39 is 5.82 Å². The van der Waals surface area contributed by atoms with Crippen molar-refractivity contribution >= 4 is 34.3 Å². The van der Waals surface area contributed by atoms with E-state index in [9.17, 15) is 13.6 Å². The zero-order chi connectivity index (χ0) is 22.7. The number of hydrogen-bond acceptors (Lipinski definition) is 5. The first-order valence-electron chi connectivity index (χ1n) is 9.93. The number of fused-ring (bicyclic) bond motifs is 1. The lowest BCUT2D eigenvalue weighted by atomic mass is 10.1. The summed E-state index contributed by atoms with van der Waals surface area (Å²) in [5.41, 5.74) is 2.58. The first kappa shape index (κ1) is 21.2. The number of amides is 1. The van der Waals surface area contributed by atoms with Gasteiger partial charge in [-0.2, -0.15) is 4.98 Å². The monoisotopic (exact) mass is 433 g/mol. The quantitative estimate of drug-likeness (QED) is 0.455. The maximum absolute atomic E-state index is 13.8. The van der Waals surface area contributed by atoms with Crippen LogP contribution in [0.5, 0.6) is 0 Å². The van der Waals surface area contributed by atoms with E-state index in [0.29, 0.717) is 40.5 Å². The van der Waals surface area contributed by atoms with Gasteiger partial charge in [0, 0.05) is 37.3 Å². The molecule has 0 aliphatic carbocycles. The van der Waals surface area contributed by atoms with Gasteiger partial charge in [-0.25, -0.2) is 13.8 Å². The van der Waals surface area contributed by atoms with Crippen LogP contribution in [0.3, 0.4) is 0 Å². The Hall–Kier alpha value is -4.07. The number of hydrogen-bond donors (Lipinski definition) is 2. The predicted molar refractivity (Wildman–Crippen MR) is 122 cm³/mol. The molecule has 6 nitrogen and oxygen atoms in total. The summed E-state index contributed by atoms with van der Waals surface area (Å²) in [6.07, 6.45) is 0.